The second-order valence-electron chi connectivity index (χ2n) is 7.70. The lowest BCUT2D eigenvalue weighted by atomic mass is 9.81. The number of aryl methyl sites for hydroxylation is 1. The molecule has 0 aromatic heterocycles. The van der Waals surface area contributed by atoms with Crippen LogP contribution in [0.3, 0.4) is 0 Å². The van der Waals surface area contributed by atoms with Gasteiger partial charge in [-0.2, -0.15) is 0 Å². The minimum absolute atomic E-state index is 0.182. The van der Waals surface area contributed by atoms with Crippen molar-refractivity contribution in [2.75, 3.05) is 11.5 Å². The molecule has 2 aliphatic rings. The Kier molecular flexibility index (Phi) is 5.41. The average Bonchev–Trinajstić information content (AvgIpc) is 2.98. The summed E-state index contributed by atoms with van der Waals surface area (Å²) in [5.74, 6) is -0.809. The van der Waals surface area contributed by atoms with Crippen LogP contribution in [-0.4, -0.2) is 24.2 Å². The highest BCUT2D eigenvalue weighted by Crippen LogP contribution is 2.43. The molecule has 0 radical (unpaired) electrons. The first-order valence-electron chi connectivity index (χ1n) is 9.86. The SMILES string of the molecule is Cc1ccc(C(=O)COc2ccc(Cl)cc2N2C(=O)[C@@H]3CCCC[C@H]3C2=O)cc1. The maximum atomic E-state index is 12.9. The molecule has 2 aromatic carbocycles. The molecule has 4 rings (SSSR count). The maximum Gasteiger partial charge on any atom is 0.237 e. The zero-order valence-corrected chi connectivity index (χ0v) is 16.9. The van der Waals surface area contributed by atoms with Crippen molar-refractivity contribution in [1.29, 1.82) is 0 Å². The fourth-order valence-electron chi connectivity index (χ4n) is 4.15. The molecule has 0 spiro atoms. The molecule has 29 heavy (non-hydrogen) atoms. The van der Waals surface area contributed by atoms with Crippen LogP contribution in [-0.2, 0) is 9.59 Å². The van der Waals surface area contributed by atoms with Gasteiger partial charge in [0.1, 0.15) is 5.75 Å². The summed E-state index contributed by atoms with van der Waals surface area (Å²) >= 11 is 6.15. The number of benzene rings is 2. The van der Waals surface area contributed by atoms with Gasteiger partial charge in [-0.25, -0.2) is 4.90 Å². The minimum Gasteiger partial charge on any atom is -0.483 e. The van der Waals surface area contributed by atoms with E-state index in [0.29, 0.717) is 22.0 Å². The Hall–Kier alpha value is -2.66. The van der Waals surface area contributed by atoms with Crippen LogP contribution >= 0.6 is 11.6 Å². The number of hydrogen-bond donors (Lipinski definition) is 0. The molecule has 2 atom stereocenters. The van der Waals surface area contributed by atoms with Crippen molar-refractivity contribution in [2.24, 2.45) is 11.8 Å². The van der Waals surface area contributed by atoms with Gasteiger partial charge < -0.3 is 4.74 Å². The van der Waals surface area contributed by atoms with Crippen LogP contribution in [0.25, 0.3) is 0 Å². The Morgan fingerprint density at radius 2 is 1.66 bits per heavy atom. The van der Waals surface area contributed by atoms with Crippen LogP contribution in [0.5, 0.6) is 5.75 Å². The van der Waals surface area contributed by atoms with E-state index in [-0.39, 0.29) is 36.0 Å². The number of carbonyl (C=O) groups is 3. The lowest BCUT2D eigenvalue weighted by molar-refractivity contribution is -0.122. The minimum atomic E-state index is -0.266. The number of carbonyl (C=O) groups excluding carboxylic acids is 3. The Labute approximate surface area is 174 Å². The highest BCUT2D eigenvalue weighted by molar-refractivity contribution is 6.31. The summed E-state index contributed by atoms with van der Waals surface area (Å²) in [6.07, 6.45) is 3.37. The topological polar surface area (TPSA) is 63.7 Å². The third kappa shape index (κ3) is 3.79. The summed E-state index contributed by atoms with van der Waals surface area (Å²) in [6.45, 7) is 1.76. The molecule has 2 amide bonds. The number of rotatable bonds is 5. The summed E-state index contributed by atoms with van der Waals surface area (Å²) in [6, 6.07) is 12.0. The average molecular weight is 412 g/mol. The Balaban J connectivity index is 1.58. The maximum absolute atomic E-state index is 12.9. The van der Waals surface area contributed by atoms with Crippen molar-refractivity contribution >= 4 is 34.9 Å². The predicted molar refractivity (Wildman–Crippen MR) is 110 cm³/mol. The van der Waals surface area contributed by atoms with Gasteiger partial charge in [0.15, 0.2) is 12.4 Å². The lowest BCUT2D eigenvalue weighted by Gasteiger charge is -2.19. The van der Waals surface area contributed by atoms with E-state index in [1.807, 2.05) is 19.1 Å². The monoisotopic (exact) mass is 411 g/mol. The van der Waals surface area contributed by atoms with Crippen molar-refractivity contribution in [1.82, 2.24) is 0 Å². The van der Waals surface area contributed by atoms with E-state index in [2.05, 4.69) is 0 Å². The van der Waals surface area contributed by atoms with Crippen molar-refractivity contribution in [3.8, 4) is 5.75 Å². The number of imide groups is 1. The van der Waals surface area contributed by atoms with Crippen molar-refractivity contribution < 1.29 is 19.1 Å². The van der Waals surface area contributed by atoms with E-state index >= 15 is 0 Å². The summed E-state index contributed by atoms with van der Waals surface area (Å²) < 4.78 is 5.75. The molecule has 0 unspecified atom stereocenters. The molecule has 150 valence electrons. The van der Waals surface area contributed by atoms with Crippen LogP contribution in [0.15, 0.2) is 42.5 Å². The number of anilines is 1. The van der Waals surface area contributed by atoms with Crippen LogP contribution in [0.4, 0.5) is 5.69 Å². The number of amides is 2. The van der Waals surface area contributed by atoms with E-state index in [1.165, 1.54) is 4.90 Å². The van der Waals surface area contributed by atoms with Gasteiger partial charge in [-0.15, -0.1) is 0 Å². The molecule has 1 saturated carbocycles. The summed E-state index contributed by atoms with van der Waals surface area (Å²) in [5.41, 5.74) is 1.93. The largest absolute Gasteiger partial charge is 0.483 e. The number of ether oxygens (including phenoxy) is 1. The highest BCUT2D eigenvalue weighted by Gasteiger charge is 2.49. The number of fused-ring (bicyclic) bond motifs is 1. The van der Waals surface area contributed by atoms with Gasteiger partial charge in [0, 0.05) is 10.6 Å². The van der Waals surface area contributed by atoms with E-state index in [4.69, 9.17) is 16.3 Å². The molecule has 2 aromatic rings. The molecule has 1 heterocycles. The number of Topliss-reactive ketones (excluding diaryl/α,β-unsaturated/α-hetero) is 1. The number of halogens is 1. The third-order valence-electron chi connectivity index (χ3n) is 5.74. The van der Waals surface area contributed by atoms with Crippen LogP contribution in [0.1, 0.15) is 41.6 Å². The fraction of sp³-hybridized carbons (Fsp3) is 0.348. The predicted octanol–water partition coefficient (Wildman–Crippen LogP) is 4.59. The first-order chi connectivity index (χ1) is 14.0. The summed E-state index contributed by atoms with van der Waals surface area (Å²) in [7, 11) is 0. The van der Waals surface area contributed by atoms with E-state index in [1.54, 1.807) is 30.3 Å². The first kappa shape index (κ1) is 19.6. The van der Waals surface area contributed by atoms with E-state index in [0.717, 1.165) is 31.2 Å². The molecule has 1 aliphatic carbocycles. The first-order valence-corrected chi connectivity index (χ1v) is 10.2. The number of hydrogen-bond acceptors (Lipinski definition) is 4. The molecule has 1 aliphatic heterocycles. The molecule has 2 fully saturated rings. The molecular formula is C23H22ClNO4. The Morgan fingerprint density at radius 3 is 2.28 bits per heavy atom. The van der Waals surface area contributed by atoms with Gasteiger partial charge in [-0.1, -0.05) is 54.3 Å². The van der Waals surface area contributed by atoms with Crippen LogP contribution in [0.2, 0.25) is 5.02 Å². The van der Waals surface area contributed by atoms with Crippen molar-refractivity contribution in [3.63, 3.8) is 0 Å². The molecular weight excluding hydrogens is 390 g/mol. The zero-order chi connectivity index (χ0) is 20.5. The van der Waals surface area contributed by atoms with Crippen molar-refractivity contribution in [2.45, 2.75) is 32.6 Å². The van der Waals surface area contributed by atoms with Crippen LogP contribution < -0.4 is 9.64 Å². The molecule has 0 N–H and O–H groups in total. The summed E-state index contributed by atoms with van der Waals surface area (Å²) in [5, 5.41) is 0.396. The lowest BCUT2D eigenvalue weighted by Crippen LogP contribution is -2.31. The number of ketones is 1. The van der Waals surface area contributed by atoms with Gasteiger partial charge >= 0.3 is 0 Å². The zero-order valence-electron chi connectivity index (χ0n) is 16.2. The van der Waals surface area contributed by atoms with Crippen LogP contribution in [0, 0.1) is 18.8 Å². The third-order valence-corrected chi connectivity index (χ3v) is 5.97. The molecule has 6 heteroatoms. The van der Waals surface area contributed by atoms with Gasteiger partial charge in [0.05, 0.1) is 17.5 Å². The highest BCUT2D eigenvalue weighted by atomic mass is 35.5. The van der Waals surface area contributed by atoms with Gasteiger partial charge in [-0.3, -0.25) is 14.4 Å². The standard InChI is InChI=1S/C23H22ClNO4/c1-14-6-8-15(9-7-14)20(26)13-29-21-11-10-16(24)12-19(21)25-22(27)17-4-2-3-5-18(17)23(25)28/h6-12,17-18H,2-5,13H2,1H3/t17-,18-/m1/s1. The molecule has 5 nitrogen and oxygen atoms in total. The molecule has 1 saturated heterocycles. The second kappa shape index (κ2) is 7.99. The Bertz CT molecular complexity index is 945. The van der Waals surface area contributed by atoms with Crippen molar-refractivity contribution in [3.05, 3.63) is 58.6 Å². The quantitative estimate of drug-likeness (QED) is 0.533. The van der Waals surface area contributed by atoms with E-state index < -0.39 is 0 Å². The van der Waals surface area contributed by atoms with Gasteiger partial charge in [-0.05, 0) is 38.0 Å². The normalized spacial score (nSPS) is 21.2. The van der Waals surface area contributed by atoms with Gasteiger partial charge in [0.25, 0.3) is 0 Å². The van der Waals surface area contributed by atoms with Gasteiger partial charge in [0.2, 0.25) is 11.8 Å². The second-order valence-corrected chi connectivity index (χ2v) is 8.14. The smallest absolute Gasteiger partial charge is 0.237 e. The fourth-order valence-corrected chi connectivity index (χ4v) is 4.32. The molecule has 0 bridgehead atoms. The Morgan fingerprint density at radius 1 is 1.03 bits per heavy atom. The number of nitrogens with zero attached hydrogens (tertiary/aromatic N) is 1. The summed E-state index contributed by atoms with van der Waals surface area (Å²) in [4.78, 5) is 39.6. The van der Waals surface area contributed by atoms with E-state index in [9.17, 15) is 14.4 Å².